The minimum atomic E-state index is 0.803. The minimum absolute atomic E-state index is 0.803. The van der Waals surface area contributed by atoms with Crippen LogP contribution in [0.3, 0.4) is 0 Å². The Labute approximate surface area is 140 Å². The maximum Gasteiger partial charge on any atom is 0.0476 e. The van der Waals surface area contributed by atoms with Crippen molar-refractivity contribution in [3.63, 3.8) is 0 Å². The van der Waals surface area contributed by atoms with E-state index in [1.54, 1.807) is 7.11 Å². The molecule has 0 aliphatic carbocycles. The van der Waals surface area contributed by atoms with Gasteiger partial charge >= 0.3 is 0 Å². The molecule has 0 aliphatic rings. The molecule has 0 fully saturated rings. The number of methoxy groups -OCH3 is 1. The molecule has 0 N–H and O–H groups in total. The van der Waals surface area contributed by atoms with Crippen LogP contribution in [0.2, 0.25) is 0 Å². The Bertz CT molecular complexity index is 603. The molecule has 0 atom stereocenters. The van der Waals surface area contributed by atoms with Crippen LogP contribution in [0.1, 0.15) is 23.2 Å². The molecule has 23 heavy (non-hydrogen) atoms. The van der Waals surface area contributed by atoms with Crippen LogP contribution in [0.15, 0.2) is 55.3 Å². The van der Waals surface area contributed by atoms with Crippen LogP contribution in [-0.4, -0.2) is 36.3 Å². The number of aryl methyl sites for hydroxylation is 1. The quantitative estimate of drug-likeness (QED) is 0.489. The number of hydrogen-bond donors (Lipinski definition) is 0. The van der Waals surface area contributed by atoms with Crippen LogP contribution in [-0.2, 0) is 17.8 Å². The molecule has 0 saturated heterocycles. The number of benzene rings is 1. The van der Waals surface area contributed by atoms with Crippen molar-refractivity contribution in [3.05, 3.63) is 72.1 Å². The first-order chi connectivity index (χ1) is 11.2. The first-order valence-electron chi connectivity index (χ1n) is 8.25. The molecule has 124 valence electrons. The lowest BCUT2D eigenvalue weighted by atomic mass is 10.1. The monoisotopic (exact) mass is 312 g/mol. The molecular weight excluding hydrogens is 284 g/mol. The summed E-state index contributed by atoms with van der Waals surface area (Å²) >= 11 is 0. The molecule has 0 aliphatic heterocycles. The summed E-state index contributed by atoms with van der Waals surface area (Å²) in [7, 11) is 1.76. The van der Waals surface area contributed by atoms with Gasteiger partial charge < -0.3 is 9.30 Å². The third-order valence-electron chi connectivity index (χ3n) is 4.12. The first-order valence-corrected chi connectivity index (χ1v) is 8.25. The second-order valence-electron chi connectivity index (χ2n) is 5.92. The zero-order chi connectivity index (χ0) is 16.5. The SMILES string of the molecule is C=CCN(CCCOC)Cc1cccn1Cc1ccccc1C. The Kier molecular flexibility index (Phi) is 7.11. The summed E-state index contributed by atoms with van der Waals surface area (Å²) in [5, 5.41) is 0. The second-order valence-corrected chi connectivity index (χ2v) is 5.92. The fraction of sp³-hybridized carbons (Fsp3) is 0.400. The molecule has 3 nitrogen and oxygen atoms in total. The van der Waals surface area contributed by atoms with Gasteiger partial charge in [0.25, 0.3) is 0 Å². The van der Waals surface area contributed by atoms with Gasteiger partial charge in [-0.1, -0.05) is 30.3 Å². The molecule has 3 heteroatoms. The summed E-state index contributed by atoms with van der Waals surface area (Å²) in [6, 6.07) is 12.9. The molecular formula is C20H28N2O. The van der Waals surface area contributed by atoms with Gasteiger partial charge in [0.05, 0.1) is 0 Å². The lowest BCUT2D eigenvalue weighted by Crippen LogP contribution is -2.26. The van der Waals surface area contributed by atoms with Crippen molar-refractivity contribution in [2.75, 3.05) is 26.8 Å². The van der Waals surface area contributed by atoms with E-state index in [4.69, 9.17) is 4.74 Å². The summed E-state index contributed by atoms with van der Waals surface area (Å²) in [4.78, 5) is 2.41. The van der Waals surface area contributed by atoms with Crippen molar-refractivity contribution in [2.45, 2.75) is 26.4 Å². The molecule has 0 radical (unpaired) electrons. The van der Waals surface area contributed by atoms with Gasteiger partial charge in [-0.3, -0.25) is 4.90 Å². The highest BCUT2D eigenvalue weighted by molar-refractivity contribution is 5.26. The number of ether oxygens (including phenoxy) is 1. The highest BCUT2D eigenvalue weighted by Crippen LogP contribution is 2.13. The number of nitrogens with zero attached hydrogens (tertiary/aromatic N) is 2. The van der Waals surface area contributed by atoms with Gasteiger partial charge in [0, 0.05) is 51.8 Å². The molecule has 1 aromatic carbocycles. The van der Waals surface area contributed by atoms with Gasteiger partial charge in [0.2, 0.25) is 0 Å². The van der Waals surface area contributed by atoms with Crippen molar-refractivity contribution in [1.29, 1.82) is 0 Å². The van der Waals surface area contributed by atoms with Crippen LogP contribution in [0.25, 0.3) is 0 Å². The third kappa shape index (κ3) is 5.38. The smallest absolute Gasteiger partial charge is 0.0476 e. The van der Waals surface area contributed by atoms with Crippen LogP contribution < -0.4 is 0 Å². The largest absolute Gasteiger partial charge is 0.385 e. The Hall–Kier alpha value is -1.84. The Morgan fingerprint density at radius 1 is 1.22 bits per heavy atom. The summed E-state index contributed by atoms with van der Waals surface area (Å²) in [6.45, 7) is 10.6. The van der Waals surface area contributed by atoms with Crippen molar-refractivity contribution < 1.29 is 4.74 Å². The topological polar surface area (TPSA) is 17.4 Å². The van der Waals surface area contributed by atoms with Crippen LogP contribution >= 0.6 is 0 Å². The number of aromatic nitrogens is 1. The van der Waals surface area contributed by atoms with E-state index in [1.165, 1.54) is 16.8 Å². The van der Waals surface area contributed by atoms with E-state index in [-0.39, 0.29) is 0 Å². The van der Waals surface area contributed by atoms with Crippen LogP contribution in [0, 0.1) is 6.92 Å². The molecule has 1 heterocycles. The molecule has 0 amide bonds. The van der Waals surface area contributed by atoms with E-state index < -0.39 is 0 Å². The predicted molar refractivity (Wildman–Crippen MR) is 96.7 cm³/mol. The normalized spacial score (nSPS) is 11.1. The van der Waals surface area contributed by atoms with E-state index in [0.717, 1.165) is 39.2 Å². The van der Waals surface area contributed by atoms with E-state index in [0.29, 0.717) is 0 Å². The lowest BCUT2D eigenvalue weighted by molar-refractivity contribution is 0.173. The van der Waals surface area contributed by atoms with Gasteiger partial charge in [-0.15, -0.1) is 6.58 Å². The molecule has 2 rings (SSSR count). The molecule has 0 saturated carbocycles. The Morgan fingerprint density at radius 2 is 2.04 bits per heavy atom. The summed E-state index contributed by atoms with van der Waals surface area (Å²) in [5.41, 5.74) is 4.06. The molecule has 0 spiro atoms. The number of hydrogen-bond acceptors (Lipinski definition) is 2. The Balaban J connectivity index is 2.04. The third-order valence-corrected chi connectivity index (χ3v) is 4.12. The van der Waals surface area contributed by atoms with Gasteiger partial charge in [0.1, 0.15) is 0 Å². The van der Waals surface area contributed by atoms with Crippen LogP contribution in [0.4, 0.5) is 0 Å². The summed E-state index contributed by atoms with van der Waals surface area (Å²) < 4.78 is 7.51. The standard InChI is InChI=1S/C20H28N2O/c1-4-12-21(13-8-15-23-3)17-20-11-7-14-22(20)16-19-10-6-5-9-18(19)2/h4-7,9-11,14H,1,8,12-13,15-17H2,2-3H3. The van der Waals surface area contributed by atoms with Crippen molar-refractivity contribution in [2.24, 2.45) is 0 Å². The van der Waals surface area contributed by atoms with Gasteiger partial charge in [-0.25, -0.2) is 0 Å². The van der Waals surface area contributed by atoms with E-state index in [1.807, 2.05) is 6.08 Å². The van der Waals surface area contributed by atoms with Crippen molar-refractivity contribution >= 4 is 0 Å². The molecule has 2 aromatic rings. The highest BCUT2D eigenvalue weighted by Gasteiger charge is 2.09. The average Bonchev–Trinajstić information content (AvgIpc) is 2.97. The minimum Gasteiger partial charge on any atom is -0.385 e. The van der Waals surface area contributed by atoms with Gasteiger partial charge in [0.15, 0.2) is 0 Å². The zero-order valence-electron chi connectivity index (χ0n) is 14.4. The summed E-state index contributed by atoms with van der Waals surface area (Å²) in [5.74, 6) is 0. The zero-order valence-corrected chi connectivity index (χ0v) is 14.4. The first kappa shape index (κ1) is 17.5. The highest BCUT2D eigenvalue weighted by atomic mass is 16.5. The van der Waals surface area contributed by atoms with Gasteiger partial charge in [-0.05, 0) is 36.6 Å². The van der Waals surface area contributed by atoms with Crippen LogP contribution in [0.5, 0.6) is 0 Å². The summed E-state index contributed by atoms with van der Waals surface area (Å²) in [6.07, 6.45) is 5.19. The fourth-order valence-corrected chi connectivity index (χ4v) is 2.80. The van der Waals surface area contributed by atoms with Crippen molar-refractivity contribution in [3.8, 4) is 0 Å². The van der Waals surface area contributed by atoms with E-state index in [2.05, 4.69) is 65.6 Å². The molecule has 1 aromatic heterocycles. The maximum atomic E-state index is 5.16. The average molecular weight is 312 g/mol. The van der Waals surface area contributed by atoms with E-state index in [9.17, 15) is 0 Å². The lowest BCUT2D eigenvalue weighted by Gasteiger charge is -2.22. The number of rotatable bonds is 10. The van der Waals surface area contributed by atoms with Crippen molar-refractivity contribution in [1.82, 2.24) is 9.47 Å². The Morgan fingerprint density at radius 3 is 2.78 bits per heavy atom. The fourth-order valence-electron chi connectivity index (χ4n) is 2.80. The molecule has 0 bridgehead atoms. The molecule has 0 unspecified atom stereocenters. The second kappa shape index (κ2) is 9.33. The maximum absolute atomic E-state index is 5.16. The van der Waals surface area contributed by atoms with Gasteiger partial charge in [-0.2, -0.15) is 0 Å². The van der Waals surface area contributed by atoms with E-state index >= 15 is 0 Å². The predicted octanol–water partition coefficient (Wildman–Crippen LogP) is 3.87.